The second kappa shape index (κ2) is 7.07. The molecule has 0 fully saturated rings. The summed E-state index contributed by atoms with van der Waals surface area (Å²) in [5.41, 5.74) is 5.15. The van der Waals surface area contributed by atoms with Crippen LogP contribution in [-0.4, -0.2) is 22.2 Å². The lowest BCUT2D eigenvalue weighted by Gasteiger charge is -1.97. The van der Waals surface area contributed by atoms with Crippen LogP contribution in [0, 0.1) is 27.7 Å². The highest BCUT2D eigenvalue weighted by Gasteiger charge is 2.08. The molecule has 1 heterocycles. The summed E-state index contributed by atoms with van der Waals surface area (Å²) in [5.74, 6) is 0. The van der Waals surface area contributed by atoms with Crippen molar-refractivity contribution in [2.45, 2.75) is 27.7 Å². The molecule has 0 atom stereocenters. The lowest BCUT2D eigenvalue weighted by molar-refractivity contribution is 0.426. The van der Waals surface area contributed by atoms with Crippen molar-refractivity contribution >= 4 is 12.6 Å². The van der Waals surface area contributed by atoms with Gasteiger partial charge in [-0.3, -0.25) is 4.98 Å². The number of nitrogens with zero attached hydrogens (tertiary/aromatic N) is 1. The lowest BCUT2D eigenvalue weighted by Crippen LogP contribution is -2.29. The average molecular weight is 257 g/mol. The summed E-state index contributed by atoms with van der Waals surface area (Å²) in [6.45, 7) is 8.06. The highest BCUT2D eigenvalue weighted by atomic mass is 16.4. The summed E-state index contributed by atoms with van der Waals surface area (Å²) < 4.78 is 0. The van der Waals surface area contributed by atoms with Crippen molar-refractivity contribution in [3.05, 3.63) is 58.9 Å². The van der Waals surface area contributed by atoms with Gasteiger partial charge in [0.1, 0.15) is 0 Å². The smallest absolute Gasteiger partial charge is 0.423 e. The van der Waals surface area contributed by atoms with Gasteiger partial charge in [-0.25, -0.2) is 0 Å². The van der Waals surface area contributed by atoms with Crippen LogP contribution in [0.4, 0.5) is 0 Å². The molecule has 0 bridgehead atoms. The molecule has 4 heteroatoms. The molecular formula is C15H20BNO2. The van der Waals surface area contributed by atoms with E-state index in [0.29, 0.717) is 5.46 Å². The van der Waals surface area contributed by atoms with Gasteiger partial charge in [-0.15, -0.1) is 0 Å². The van der Waals surface area contributed by atoms with E-state index in [9.17, 15) is 0 Å². The second-order valence-electron chi connectivity index (χ2n) is 4.71. The van der Waals surface area contributed by atoms with Crippen LogP contribution in [0.15, 0.2) is 36.4 Å². The Balaban J connectivity index is 0.000000191. The van der Waals surface area contributed by atoms with E-state index in [1.807, 2.05) is 32.9 Å². The highest BCUT2D eigenvalue weighted by Crippen LogP contribution is 2.01. The fourth-order valence-electron chi connectivity index (χ4n) is 1.78. The first-order valence-electron chi connectivity index (χ1n) is 6.23. The quantitative estimate of drug-likeness (QED) is 0.764. The molecule has 2 rings (SSSR count). The molecule has 100 valence electrons. The van der Waals surface area contributed by atoms with Crippen LogP contribution >= 0.6 is 0 Å². The number of hydrogen-bond acceptors (Lipinski definition) is 3. The Morgan fingerprint density at radius 3 is 1.63 bits per heavy atom. The van der Waals surface area contributed by atoms with Crippen molar-refractivity contribution in [3.63, 3.8) is 0 Å². The molecule has 0 spiro atoms. The lowest BCUT2D eigenvalue weighted by atomic mass is 9.80. The van der Waals surface area contributed by atoms with Gasteiger partial charge in [-0.2, -0.15) is 0 Å². The Hall–Kier alpha value is -1.65. The predicted molar refractivity (Wildman–Crippen MR) is 79.5 cm³/mol. The molecular weight excluding hydrogens is 237 g/mol. The summed E-state index contributed by atoms with van der Waals surface area (Å²) in [4.78, 5) is 4.23. The Labute approximate surface area is 115 Å². The molecule has 0 aliphatic carbocycles. The molecule has 1 aromatic carbocycles. The van der Waals surface area contributed by atoms with Gasteiger partial charge in [-0.1, -0.05) is 29.8 Å². The van der Waals surface area contributed by atoms with E-state index in [-0.39, 0.29) is 0 Å². The van der Waals surface area contributed by atoms with Crippen LogP contribution in [-0.2, 0) is 0 Å². The van der Waals surface area contributed by atoms with Crippen LogP contribution in [0.25, 0.3) is 0 Å². The number of aryl methyl sites for hydroxylation is 4. The van der Waals surface area contributed by atoms with Crippen molar-refractivity contribution in [1.82, 2.24) is 4.98 Å². The van der Waals surface area contributed by atoms with E-state index in [4.69, 9.17) is 10.0 Å². The highest BCUT2D eigenvalue weighted by molar-refractivity contribution is 6.58. The third-order valence-electron chi connectivity index (χ3n) is 2.60. The summed E-state index contributed by atoms with van der Waals surface area (Å²) in [6.07, 6.45) is 0. The molecule has 0 aliphatic heterocycles. The summed E-state index contributed by atoms with van der Waals surface area (Å²) in [6, 6.07) is 11.2. The summed E-state index contributed by atoms with van der Waals surface area (Å²) in [7, 11) is -1.35. The maximum absolute atomic E-state index is 8.67. The molecule has 0 unspecified atom stereocenters. The number of hydrogen-bond donors (Lipinski definition) is 2. The average Bonchev–Trinajstić information content (AvgIpc) is 2.28. The molecule has 0 saturated carbocycles. The third kappa shape index (κ3) is 5.68. The molecule has 0 radical (unpaired) electrons. The van der Waals surface area contributed by atoms with Crippen molar-refractivity contribution in [2.24, 2.45) is 0 Å². The van der Waals surface area contributed by atoms with Crippen molar-refractivity contribution < 1.29 is 10.0 Å². The molecule has 0 amide bonds. The van der Waals surface area contributed by atoms with Gasteiger partial charge in [0.25, 0.3) is 0 Å². The van der Waals surface area contributed by atoms with Gasteiger partial charge in [-0.05, 0) is 50.9 Å². The molecule has 2 aromatic rings. The zero-order valence-electron chi connectivity index (χ0n) is 11.9. The van der Waals surface area contributed by atoms with Crippen molar-refractivity contribution in [1.29, 1.82) is 0 Å². The van der Waals surface area contributed by atoms with Gasteiger partial charge in [0.15, 0.2) is 0 Å². The van der Waals surface area contributed by atoms with Crippen LogP contribution in [0.3, 0.4) is 0 Å². The van der Waals surface area contributed by atoms with Gasteiger partial charge >= 0.3 is 7.12 Å². The number of aromatic nitrogens is 1. The number of benzene rings is 1. The Kier molecular flexibility index (Phi) is 5.73. The van der Waals surface area contributed by atoms with Crippen molar-refractivity contribution in [3.8, 4) is 0 Å². The second-order valence-corrected chi connectivity index (χ2v) is 4.71. The Morgan fingerprint density at radius 2 is 1.26 bits per heavy atom. The van der Waals surface area contributed by atoms with Gasteiger partial charge < -0.3 is 10.0 Å². The van der Waals surface area contributed by atoms with E-state index in [0.717, 1.165) is 17.0 Å². The fourth-order valence-corrected chi connectivity index (χ4v) is 1.78. The first-order valence-corrected chi connectivity index (χ1v) is 6.23. The minimum Gasteiger partial charge on any atom is -0.423 e. The topological polar surface area (TPSA) is 53.4 Å². The Bertz CT molecular complexity index is 474. The normalized spacial score (nSPS) is 9.58. The molecule has 1 aromatic heterocycles. The summed E-state index contributed by atoms with van der Waals surface area (Å²) in [5, 5.41) is 17.3. The first kappa shape index (κ1) is 15.4. The number of rotatable bonds is 1. The minimum absolute atomic E-state index is 0.533. The zero-order chi connectivity index (χ0) is 14.4. The Morgan fingerprint density at radius 1 is 0.789 bits per heavy atom. The van der Waals surface area contributed by atoms with E-state index in [1.165, 1.54) is 5.56 Å². The first-order chi connectivity index (χ1) is 8.88. The van der Waals surface area contributed by atoms with Gasteiger partial charge in [0.2, 0.25) is 0 Å². The van der Waals surface area contributed by atoms with Crippen molar-refractivity contribution in [2.75, 3.05) is 0 Å². The monoisotopic (exact) mass is 257 g/mol. The third-order valence-corrected chi connectivity index (χ3v) is 2.60. The van der Waals surface area contributed by atoms with E-state index < -0.39 is 7.12 Å². The zero-order valence-corrected chi connectivity index (χ0v) is 11.9. The molecule has 3 nitrogen and oxygen atoms in total. The maximum atomic E-state index is 8.67. The molecule has 0 saturated heterocycles. The number of pyridine rings is 1. The predicted octanol–water partition coefficient (Wildman–Crippen LogP) is 1.68. The molecule has 19 heavy (non-hydrogen) atoms. The van der Waals surface area contributed by atoms with E-state index >= 15 is 0 Å². The SMILES string of the molecule is Cc1cc(C)nc(C)c1.Cc1ccc(B(O)O)cc1. The molecule has 0 aliphatic rings. The fraction of sp³-hybridized carbons (Fsp3) is 0.267. The standard InChI is InChI=1S/C8H11N.C7H9BO2/c1-6-4-7(2)9-8(3)5-6;1-6-2-4-7(5-3-6)8(9)10/h4-5H,1-3H3;2-5,9-10H,1H3. The maximum Gasteiger partial charge on any atom is 0.488 e. The van der Waals surface area contributed by atoms with Crippen LogP contribution in [0.1, 0.15) is 22.5 Å². The van der Waals surface area contributed by atoms with E-state index in [1.54, 1.807) is 12.1 Å². The van der Waals surface area contributed by atoms with Crippen LogP contribution in [0.5, 0.6) is 0 Å². The van der Waals surface area contributed by atoms with Crippen LogP contribution < -0.4 is 5.46 Å². The largest absolute Gasteiger partial charge is 0.488 e. The van der Waals surface area contributed by atoms with Gasteiger partial charge in [0.05, 0.1) is 0 Å². The summed E-state index contributed by atoms with van der Waals surface area (Å²) >= 11 is 0. The van der Waals surface area contributed by atoms with Gasteiger partial charge in [0, 0.05) is 11.4 Å². The minimum atomic E-state index is -1.35. The molecule has 2 N–H and O–H groups in total. The van der Waals surface area contributed by atoms with Crippen LogP contribution in [0.2, 0.25) is 0 Å². The van der Waals surface area contributed by atoms with E-state index in [2.05, 4.69) is 24.0 Å².